The smallest absolute Gasteiger partial charge is 0.239 e. The first-order valence-electron chi connectivity index (χ1n) is 5.51. The fraction of sp³-hybridized carbons (Fsp3) is 0.909. The highest BCUT2D eigenvalue weighted by atomic mass is 16.2. The van der Waals surface area contributed by atoms with Crippen LogP contribution in [0.25, 0.3) is 0 Å². The number of carbonyl (C=O) groups is 1. The highest BCUT2D eigenvalue weighted by molar-refractivity contribution is 5.82. The second-order valence-electron chi connectivity index (χ2n) is 4.13. The van der Waals surface area contributed by atoms with Crippen LogP contribution in [-0.4, -0.2) is 29.4 Å². The lowest BCUT2D eigenvalue weighted by Crippen LogP contribution is -2.49. The Hall–Kier alpha value is -0.570. The third kappa shape index (κ3) is 3.29. The summed E-state index contributed by atoms with van der Waals surface area (Å²) in [6.07, 6.45) is 0.947. The van der Waals surface area contributed by atoms with E-state index in [0.29, 0.717) is 0 Å². The summed E-state index contributed by atoms with van der Waals surface area (Å²) in [5.41, 5.74) is 5.89. The van der Waals surface area contributed by atoms with Crippen LogP contribution in [0.15, 0.2) is 0 Å². The van der Waals surface area contributed by atoms with Gasteiger partial charge in [-0.05, 0) is 26.7 Å². The number of nitrogens with zero attached hydrogens (tertiary/aromatic N) is 1. The molecule has 0 unspecified atom stereocenters. The van der Waals surface area contributed by atoms with Gasteiger partial charge in [0.05, 0.1) is 6.04 Å². The molecule has 14 heavy (non-hydrogen) atoms. The summed E-state index contributed by atoms with van der Waals surface area (Å²) >= 11 is 0. The first-order chi connectivity index (χ1) is 6.45. The maximum atomic E-state index is 11.9. The molecule has 3 nitrogen and oxygen atoms in total. The summed E-state index contributed by atoms with van der Waals surface area (Å²) < 4.78 is 0. The number of carbonyl (C=O) groups excluding carboxylic acids is 1. The molecular weight excluding hydrogens is 176 g/mol. The van der Waals surface area contributed by atoms with Crippen molar-refractivity contribution >= 4 is 5.91 Å². The van der Waals surface area contributed by atoms with E-state index >= 15 is 0 Å². The van der Waals surface area contributed by atoms with E-state index in [1.165, 1.54) is 0 Å². The zero-order chi connectivity index (χ0) is 11.3. The van der Waals surface area contributed by atoms with E-state index in [1.54, 1.807) is 0 Å². The van der Waals surface area contributed by atoms with E-state index in [-0.39, 0.29) is 23.9 Å². The second-order valence-corrected chi connectivity index (χ2v) is 4.13. The molecule has 0 bridgehead atoms. The van der Waals surface area contributed by atoms with Crippen LogP contribution in [0.4, 0.5) is 0 Å². The van der Waals surface area contributed by atoms with Crippen LogP contribution in [0, 0.1) is 5.92 Å². The predicted octanol–water partition coefficient (Wildman–Crippen LogP) is 1.62. The molecule has 0 aromatic carbocycles. The van der Waals surface area contributed by atoms with Gasteiger partial charge < -0.3 is 10.6 Å². The summed E-state index contributed by atoms with van der Waals surface area (Å²) in [5, 5.41) is 0. The SMILES string of the molecule is CC[C@H](C)[C@H](N)C(=O)N(CC)C(C)C. The van der Waals surface area contributed by atoms with Gasteiger partial charge in [0.1, 0.15) is 0 Å². The van der Waals surface area contributed by atoms with Crippen LogP contribution in [-0.2, 0) is 4.79 Å². The topological polar surface area (TPSA) is 46.3 Å². The molecule has 0 aromatic heterocycles. The predicted molar refractivity (Wildman–Crippen MR) is 60.0 cm³/mol. The van der Waals surface area contributed by atoms with Gasteiger partial charge in [-0.1, -0.05) is 20.3 Å². The molecule has 0 saturated carbocycles. The maximum absolute atomic E-state index is 11.9. The van der Waals surface area contributed by atoms with Crippen LogP contribution in [0.3, 0.4) is 0 Å². The van der Waals surface area contributed by atoms with Crippen molar-refractivity contribution in [1.29, 1.82) is 0 Å². The first-order valence-corrected chi connectivity index (χ1v) is 5.51. The Labute approximate surface area is 87.6 Å². The number of likely N-dealkylation sites (N-methyl/N-ethyl adjacent to an activating group) is 1. The second kappa shape index (κ2) is 6.02. The number of rotatable bonds is 5. The third-order valence-electron chi connectivity index (χ3n) is 2.79. The van der Waals surface area contributed by atoms with Crippen molar-refractivity contribution in [2.45, 2.75) is 53.1 Å². The molecule has 84 valence electrons. The molecule has 2 N–H and O–H groups in total. The highest BCUT2D eigenvalue weighted by Crippen LogP contribution is 2.10. The molecule has 0 radical (unpaired) electrons. The van der Waals surface area contributed by atoms with Crippen molar-refractivity contribution in [2.24, 2.45) is 11.7 Å². The molecule has 0 fully saturated rings. The van der Waals surface area contributed by atoms with Gasteiger partial charge in [0.15, 0.2) is 0 Å². The molecule has 0 aromatic rings. The van der Waals surface area contributed by atoms with Gasteiger partial charge in [-0.15, -0.1) is 0 Å². The number of nitrogens with two attached hydrogens (primary N) is 1. The average molecular weight is 200 g/mol. The highest BCUT2D eigenvalue weighted by Gasteiger charge is 2.25. The molecule has 0 aliphatic rings. The molecule has 3 heteroatoms. The van der Waals surface area contributed by atoms with E-state index in [9.17, 15) is 4.79 Å². The van der Waals surface area contributed by atoms with Crippen molar-refractivity contribution in [1.82, 2.24) is 4.90 Å². The zero-order valence-corrected chi connectivity index (χ0v) is 10.1. The molecule has 0 aliphatic heterocycles. The van der Waals surface area contributed by atoms with Gasteiger partial charge in [-0.3, -0.25) is 4.79 Å². The van der Waals surface area contributed by atoms with Crippen LogP contribution < -0.4 is 5.73 Å². The van der Waals surface area contributed by atoms with Crippen molar-refractivity contribution in [3.8, 4) is 0 Å². The molecule has 0 rings (SSSR count). The maximum Gasteiger partial charge on any atom is 0.239 e. The minimum absolute atomic E-state index is 0.0804. The van der Waals surface area contributed by atoms with E-state index < -0.39 is 0 Å². The van der Waals surface area contributed by atoms with Crippen LogP contribution in [0.5, 0.6) is 0 Å². The van der Waals surface area contributed by atoms with Gasteiger partial charge in [0.25, 0.3) is 0 Å². The Morgan fingerprint density at radius 1 is 1.29 bits per heavy atom. The lowest BCUT2D eigenvalue weighted by atomic mass is 9.98. The van der Waals surface area contributed by atoms with E-state index in [2.05, 4.69) is 6.92 Å². The van der Waals surface area contributed by atoms with Crippen LogP contribution in [0.1, 0.15) is 41.0 Å². The quantitative estimate of drug-likeness (QED) is 0.733. The molecule has 0 saturated heterocycles. The minimum atomic E-state index is -0.345. The third-order valence-corrected chi connectivity index (χ3v) is 2.79. The summed E-state index contributed by atoms with van der Waals surface area (Å²) in [6, 6.07) is -0.107. The average Bonchev–Trinajstić information content (AvgIpc) is 2.15. The number of hydrogen-bond acceptors (Lipinski definition) is 2. The van der Waals surface area contributed by atoms with Gasteiger partial charge in [0, 0.05) is 12.6 Å². The van der Waals surface area contributed by atoms with Crippen LogP contribution >= 0.6 is 0 Å². The number of amides is 1. The first kappa shape index (κ1) is 13.4. The molecular formula is C11H24N2O. The standard InChI is InChI=1S/C11H24N2O/c1-6-9(5)10(12)11(14)13(7-2)8(3)4/h8-10H,6-7,12H2,1-5H3/t9-,10-/m0/s1. The number of hydrogen-bond donors (Lipinski definition) is 1. The molecule has 1 amide bonds. The van der Waals surface area contributed by atoms with Gasteiger partial charge >= 0.3 is 0 Å². The van der Waals surface area contributed by atoms with Crippen LogP contribution in [0.2, 0.25) is 0 Å². The van der Waals surface area contributed by atoms with E-state index in [1.807, 2.05) is 32.6 Å². The van der Waals surface area contributed by atoms with Crippen molar-refractivity contribution in [3.63, 3.8) is 0 Å². The lowest BCUT2D eigenvalue weighted by molar-refractivity contribution is -0.135. The summed E-state index contributed by atoms with van der Waals surface area (Å²) in [6.45, 7) is 10.8. The normalized spacial score (nSPS) is 15.4. The largest absolute Gasteiger partial charge is 0.339 e. The Balaban J connectivity index is 4.42. The van der Waals surface area contributed by atoms with Crippen molar-refractivity contribution in [3.05, 3.63) is 0 Å². The summed E-state index contributed by atoms with van der Waals surface area (Å²) in [7, 11) is 0. The van der Waals surface area contributed by atoms with Gasteiger partial charge in [-0.2, -0.15) is 0 Å². The lowest BCUT2D eigenvalue weighted by Gasteiger charge is -2.30. The fourth-order valence-corrected chi connectivity index (χ4v) is 1.46. The Bertz CT molecular complexity index is 180. The van der Waals surface area contributed by atoms with Crippen molar-refractivity contribution in [2.75, 3.05) is 6.54 Å². The van der Waals surface area contributed by atoms with Crippen molar-refractivity contribution < 1.29 is 4.79 Å². The van der Waals surface area contributed by atoms with E-state index in [4.69, 9.17) is 5.73 Å². The van der Waals surface area contributed by atoms with Gasteiger partial charge in [-0.25, -0.2) is 0 Å². The molecule has 2 atom stereocenters. The minimum Gasteiger partial charge on any atom is -0.339 e. The fourth-order valence-electron chi connectivity index (χ4n) is 1.46. The molecule has 0 aliphatic carbocycles. The van der Waals surface area contributed by atoms with Gasteiger partial charge in [0.2, 0.25) is 5.91 Å². The Morgan fingerprint density at radius 2 is 1.79 bits per heavy atom. The monoisotopic (exact) mass is 200 g/mol. The van der Waals surface area contributed by atoms with E-state index in [0.717, 1.165) is 13.0 Å². The Kier molecular flexibility index (Phi) is 5.77. The molecule has 0 heterocycles. The molecule has 0 spiro atoms. The summed E-state index contributed by atoms with van der Waals surface area (Å²) in [4.78, 5) is 13.7. The zero-order valence-electron chi connectivity index (χ0n) is 10.1. The summed E-state index contributed by atoms with van der Waals surface area (Å²) in [5.74, 6) is 0.340. The Morgan fingerprint density at radius 3 is 2.07 bits per heavy atom.